The summed E-state index contributed by atoms with van der Waals surface area (Å²) in [4.78, 5) is 13.0. The summed E-state index contributed by atoms with van der Waals surface area (Å²) in [5.74, 6) is -1.32. The van der Waals surface area contributed by atoms with Gasteiger partial charge in [-0.2, -0.15) is 17.5 Å². The van der Waals surface area contributed by atoms with Crippen LogP contribution in [0.25, 0.3) is 0 Å². The van der Waals surface area contributed by atoms with Gasteiger partial charge in [0.25, 0.3) is 10.0 Å². The number of carbonyl (C=O) groups is 1. The van der Waals surface area contributed by atoms with E-state index >= 15 is 0 Å². The van der Waals surface area contributed by atoms with E-state index in [0.717, 1.165) is 11.3 Å². The zero-order valence-corrected chi connectivity index (χ0v) is 15.6. The van der Waals surface area contributed by atoms with E-state index in [1.54, 1.807) is 6.07 Å². The lowest BCUT2D eigenvalue weighted by Crippen LogP contribution is -2.50. The van der Waals surface area contributed by atoms with E-state index in [4.69, 9.17) is 0 Å². The molecule has 130 valence electrons. The van der Waals surface area contributed by atoms with Crippen LogP contribution in [0.3, 0.4) is 0 Å². The van der Waals surface area contributed by atoms with Gasteiger partial charge in [-0.1, -0.05) is 0 Å². The third kappa shape index (κ3) is 5.08. The molecule has 0 N–H and O–H groups in total. The number of halogens is 4. The molecule has 2 heterocycles. The molecule has 1 amide bonds. The predicted molar refractivity (Wildman–Crippen MR) is 85.9 cm³/mol. The van der Waals surface area contributed by atoms with Crippen molar-refractivity contribution in [3.05, 3.63) is 15.9 Å². The Balaban J connectivity index is 1.92. The van der Waals surface area contributed by atoms with Crippen molar-refractivity contribution in [3.8, 4) is 0 Å². The highest BCUT2D eigenvalue weighted by Crippen LogP contribution is 2.31. The second-order valence-corrected chi connectivity index (χ2v) is 10.2. The minimum Gasteiger partial charge on any atom is -0.339 e. The Morgan fingerprint density at radius 1 is 1.26 bits per heavy atom. The zero-order chi connectivity index (χ0) is 17.3. The number of rotatable bonds is 4. The highest BCUT2D eigenvalue weighted by Gasteiger charge is 2.33. The van der Waals surface area contributed by atoms with Gasteiger partial charge in [0.2, 0.25) is 5.91 Å². The first-order valence-electron chi connectivity index (χ1n) is 6.33. The normalized spacial score (nSPS) is 17.5. The lowest BCUT2D eigenvalue weighted by Gasteiger charge is -2.33. The molecule has 2 rings (SSSR count). The van der Waals surface area contributed by atoms with E-state index in [1.165, 1.54) is 15.3 Å². The van der Waals surface area contributed by atoms with Crippen molar-refractivity contribution in [2.75, 3.05) is 31.9 Å². The van der Waals surface area contributed by atoms with Gasteiger partial charge in [0.15, 0.2) is 0 Å². The van der Waals surface area contributed by atoms with Crippen LogP contribution in [-0.2, 0) is 14.8 Å². The molecule has 1 saturated heterocycles. The molecule has 1 aliphatic rings. The molecule has 1 aliphatic heterocycles. The maximum atomic E-state index is 12.4. The van der Waals surface area contributed by atoms with Crippen LogP contribution in [0.1, 0.15) is 0 Å². The Kier molecular flexibility index (Phi) is 6.04. The zero-order valence-electron chi connectivity index (χ0n) is 11.5. The van der Waals surface area contributed by atoms with Crippen molar-refractivity contribution in [2.45, 2.75) is 9.72 Å². The summed E-state index contributed by atoms with van der Waals surface area (Å²) in [5, 5.41) is 0. The summed E-state index contributed by atoms with van der Waals surface area (Å²) < 4.78 is 63.2. The van der Waals surface area contributed by atoms with Crippen molar-refractivity contribution in [3.63, 3.8) is 0 Å². The Bertz CT molecular complexity index is 670. The molecule has 1 aromatic rings. The fourth-order valence-electron chi connectivity index (χ4n) is 1.98. The number of thiophene rings is 1. The molecule has 0 aromatic carbocycles. The second-order valence-electron chi connectivity index (χ2n) is 4.58. The predicted octanol–water partition coefficient (Wildman–Crippen LogP) is 2.60. The quantitative estimate of drug-likeness (QED) is 0.704. The van der Waals surface area contributed by atoms with Crippen molar-refractivity contribution >= 4 is 55.0 Å². The van der Waals surface area contributed by atoms with E-state index in [0.29, 0.717) is 3.79 Å². The van der Waals surface area contributed by atoms with Gasteiger partial charge in [0.1, 0.15) is 4.21 Å². The average molecular weight is 453 g/mol. The van der Waals surface area contributed by atoms with Gasteiger partial charge < -0.3 is 4.90 Å². The molecule has 0 spiro atoms. The van der Waals surface area contributed by atoms with Crippen LogP contribution in [0.2, 0.25) is 0 Å². The van der Waals surface area contributed by atoms with Crippen LogP contribution in [0.4, 0.5) is 13.2 Å². The summed E-state index contributed by atoms with van der Waals surface area (Å²) in [6, 6.07) is 3.12. The van der Waals surface area contributed by atoms with Crippen LogP contribution in [0.15, 0.2) is 20.1 Å². The fraction of sp³-hybridized carbons (Fsp3) is 0.545. The highest BCUT2D eigenvalue weighted by atomic mass is 79.9. The Hall–Kier alpha value is -0.300. The van der Waals surface area contributed by atoms with Gasteiger partial charge in [-0.15, -0.1) is 11.3 Å². The molecule has 23 heavy (non-hydrogen) atoms. The molecule has 0 unspecified atom stereocenters. The highest BCUT2D eigenvalue weighted by molar-refractivity contribution is 9.11. The molecule has 0 bridgehead atoms. The van der Waals surface area contributed by atoms with E-state index in [-0.39, 0.29) is 42.2 Å². The lowest BCUT2D eigenvalue weighted by atomic mass is 10.3. The van der Waals surface area contributed by atoms with Crippen LogP contribution in [0.5, 0.6) is 0 Å². The summed E-state index contributed by atoms with van der Waals surface area (Å²) in [6.45, 7) is 0.312. The van der Waals surface area contributed by atoms with E-state index in [1.807, 2.05) is 0 Å². The largest absolute Gasteiger partial charge is 0.442 e. The average Bonchev–Trinajstić information content (AvgIpc) is 2.91. The number of piperazine rings is 1. The first-order valence-corrected chi connectivity index (χ1v) is 10.4. The van der Waals surface area contributed by atoms with Gasteiger partial charge in [0, 0.05) is 26.2 Å². The second kappa shape index (κ2) is 7.30. The molecule has 5 nitrogen and oxygen atoms in total. The summed E-state index contributed by atoms with van der Waals surface area (Å²) in [5.41, 5.74) is -4.45. The molecule has 1 aromatic heterocycles. The number of sulfonamides is 1. The van der Waals surface area contributed by atoms with Gasteiger partial charge in [-0.05, 0) is 39.8 Å². The van der Waals surface area contributed by atoms with Gasteiger partial charge in [-0.3, -0.25) is 4.79 Å². The van der Waals surface area contributed by atoms with Crippen molar-refractivity contribution in [1.82, 2.24) is 9.21 Å². The van der Waals surface area contributed by atoms with Crippen molar-refractivity contribution in [1.29, 1.82) is 0 Å². The first kappa shape index (κ1) is 19.0. The van der Waals surface area contributed by atoms with Crippen LogP contribution >= 0.6 is 39.0 Å². The monoisotopic (exact) mass is 452 g/mol. The first-order chi connectivity index (χ1) is 10.6. The Labute approximate surface area is 148 Å². The molecule has 0 radical (unpaired) electrons. The van der Waals surface area contributed by atoms with E-state index < -0.39 is 27.2 Å². The van der Waals surface area contributed by atoms with Crippen LogP contribution in [0, 0.1) is 0 Å². The van der Waals surface area contributed by atoms with Crippen molar-refractivity contribution < 1.29 is 26.4 Å². The number of hydrogen-bond acceptors (Lipinski definition) is 5. The maximum Gasteiger partial charge on any atom is 0.442 e. The standard InChI is InChI=1S/C11H12BrF3N2O3S3/c12-8-1-2-10(22-8)23(19,20)17-5-3-16(4-6-17)9(18)7-21-11(13,14)15/h1-2H,3-7H2. The molecule has 0 aliphatic carbocycles. The molecule has 12 heteroatoms. The SMILES string of the molecule is O=C(CSC(F)(F)F)N1CCN(S(=O)(=O)c2ccc(Br)s2)CC1. The molecular formula is C11H12BrF3N2O3S3. The minimum atomic E-state index is -4.45. The fourth-order valence-corrected chi connectivity index (χ4v) is 6.03. The number of alkyl halides is 3. The van der Waals surface area contributed by atoms with Gasteiger partial charge in [-0.25, -0.2) is 8.42 Å². The number of amides is 1. The molecule has 1 fully saturated rings. The molecule has 0 saturated carbocycles. The van der Waals surface area contributed by atoms with Crippen molar-refractivity contribution in [2.24, 2.45) is 0 Å². The van der Waals surface area contributed by atoms with E-state index in [2.05, 4.69) is 15.9 Å². The maximum absolute atomic E-state index is 12.4. The third-order valence-electron chi connectivity index (χ3n) is 3.09. The summed E-state index contributed by atoms with van der Waals surface area (Å²) in [7, 11) is -3.63. The third-order valence-corrected chi connectivity index (χ3v) is 7.80. The van der Waals surface area contributed by atoms with Crippen LogP contribution < -0.4 is 0 Å². The van der Waals surface area contributed by atoms with Crippen LogP contribution in [-0.4, -0.2) is 61.0 Å². The van der Waals surface area contributed by atoms with Gasteiger partial charge in [0.05, 0.1) is 9.54 Å². The van der Waals surface area contributed by atoms with Gasteiger partial charge >= 0.3 is 5.51 Å². The topological polar surface area (TPSA) is 57.7 Å². The Morgan fingerprint density at radius 3 is 2.35 bits per heavy atom. The number of hydrogen-bond donors (Lipinski definition) is 0. The van der Waals surface area contributed by atoms with E-state index in [9.17, 15) is 26.4 Å². The smallest absolute Gasteiger partial charge is 0.339 e. The number of nitrogens with zero attached hydrogens (tertiary/aromatic N) is 2. The lowest BCUT2D eigenvalue weighted by molar-refractivity contribution is -0.129. The molecular weight excluding hydrogens is 441 g/mol. The summed E-state index contributed by atoms with van der Waals surface area (Å²) >= 11 is 3.90. The minimum absolute atomic E-state index is 0.0697. The molecule has 0 atom stereocenters. The number of carbonyl (C=O) groups excluding carboxylic acids is 1. The number of thioether (sulfide) groups is 1. The Morgan fingerprint density at radius 2 is 1.87 bits per heavy atom. The summed E-state index contributed by atoms with van der Waals surface area (Å²) in [6.07, 6.45) is 0.